The van der Waals surface area contributed by atoms with Crippen LogP contribution in [0.5, 0.6) is 0 Å². The first-order valence-electron chi connectivity index (χ1n) is 19.1. The Morgan fingerprint density at radius 3 is 1.73 bits per heavy atom. The van der Waals surface area contributed by atoms with Crippen LogP contribution < -0.4 is 5.32 Å². The smallest absolute Gasteiger partial charge is 0.233 e. The molecule has 0 saturated heterocycles. The molecule has 0 aromatic rings. The molecular weight excluding hydrogens is 638 g/mol. The third kappa shape index (κ3) is 9.87. The zero-order chi connectivity index (χ0) is 38.0. The maximum absolute atomic E-state index is 13.0. The van der Waals surface area contributed by atoms with Crippen molar-refractivity contribution in [2.75, 3.05) is 6.54 Å². The Kier molecular flexibility index (Phi) is 15.4. The maximum atomic E-state index is 13.0. The Balaban J connectivity index is 0.000000277. The molecule has 0 heterocycles. The van der Waals surface area contributed by atoms with Crippen molar-refractivity contribution in [2.24, 2.45) is 23.7 Å². The number of carbonyl (C=O) groups is 4. The van der Waals surface area contributed by atoms with E-state index >= 15 is 0 Å². The third-order valence-corrected chi connectivity index (χ3v) is 10.7. The molecule has 0 bridgehead atoms. The molecule has 51 heavy (non-hydrogen) atoms. The van der Waals surface area contributed by atoms with Gasteiger partial charge in [0.1, 0.15) is 5.76 Å². The van der Waals surface area contributed by atoms with Gasteiger partial charge in [-0.2, -0.15) is 0 Å². The summed E-state index contributed by atoms with van der Waals surface area (Å²) in [5, 5.41) is 24.7. The number of aliphatic hydroxyl groups excluding tert-OH is 2. The van der Waals surface area contributed by atoms with Crippen molar-refractivity contribution in [1.29, 1.82) is 0 Å². The summed E-state index contributed by atoms with van der Waals surface area (Å²) in [5.41, 5.74) is 6.16. The molecule has 0 fully saturated rings. The Bertz CT molecular complexity index is 1610. The van der Waals surface area contributed by atoms with Crippen LogP contribution in [0.1, 0.15) is 126 Å². The van der Waals surface area contributed by atoms with Crippen LogP contribution >= 0.6 is 0 Å². The monoisotopic (exact) mass is 699 g/mol. The number of nitrogens with one attached hydrogen (secondary N) is 1. The Hall–Kier alpha value is -4.00. The first-order valence-corrected chi connectivity index (χ1v) is 19.1. The van der Waals surface area contributed by atoms with Gasteiger partial charge in [0, 0.05) is 29.5 Å². The lowest BCUT2D eigenvalue weighted by Gasteiger charge is -2.33. The van der Waals surface area contributed by atoms with Gasteiger partial charge in [-0.05, 0) is 104 Å². The highest BCUT2D eigenvalue weighted by molar-refractivity contribution is 6.50. The van der Waals surface area contributed by atoms with E-state index in [9.17, 15) is 29.4 Å². The van der Waals surface area contributed by atoms with Crippen LogP contribution in [-0.4, -0.2) is 39.9 Å². The minimum atomic E-state index is -0.553. The van der Waals surface area contributed by atoms with E-state index in [1.54, 1.807) is 0 Å². The van der Waals surface area contributed by atoms with E-state index in [2.05, 4.69) is 32.3 Å². The van der Waals surface area contributed by atoms with Gasteiger partial charge in [0.05, 0.1) is 16.8 Å². The minimum absolute atomic E-state index is 0.0462. The molecular formula is C44H61NO6. The molecule has 0 aliphatic heterocycles. The summed E-state index contributed by atoms with van der Waals surface area (Å²) in [7, 11) is 0. The number of unbranched alkanes of at least 4 members (excludes halogenated alkanes) is 4. The van der Waals surface area contributed by atoms with E-state index in [1.807, 2.05) is 46.8 Å². The third-order valence-electron chi connectivity index (χ3n) is 10.7. The number of likely N-dealkylation sites (N-methyl/N-ethyl adjacent to an activating group) is 1. The second-order valence-corrected chi connectivity index (χ2v) is 14.9. The number of carbonyl (C=O) groups excluding carboxylic acids is 4. The van der Waals surface area contributed by atoms with E-state index in [1.165, 1.54) is 17.2 Å². The van der Waals surface area contributed by atoms with Crippen LogP contribution in [0.2, 0.25) is 0 Å². The summed E-state index contributed by atoms with van der Waals surface area (Å²) in [6.45, 7) is 22.8. The number of hydrogen-bond acceptors (Lipinski definition) is 7. The highest BCUT2D eigenvalue weighted by Crippen LogP contribution is 2.42. The Morgan fingerprint density at radius 2 is 1.24 bits per heavy atom. The predicted octanol–water partition coefficient (Wildman–Crippen LogP) is 9.95. The van der Waals surface area contributed by atoms with Crippen molar-refractivity contribution in [3.8, 4) is 0 Å². The number of Topliss-reactive ketones (excluding diaryl/α,β-unsaturated/α-hetero) is 3. The normalized spacial score (nSPS) is 24.2. The topological polar surface area (TPSA) is 121 Å². The van der Waals surface area contributed by atoms with Gasteiger partial charge < -0.3 is 15.5 Å². The second-order valence-electron chi connectivity index (χ2n) is 14.9. The van der Waals surface area contributed by atoms with Crippen LogP contribution in [0.15, 0.2) is 93.2 Å². The molecule has 7 heteroatoms. The van der Waals surface area contributed by atoms with Crippen molar-refractivity contribution < 1.29 is 29.4 Å². The van der Waals surface area contributed by atoms with Crippen molar-refractivity contribution in [2.45, 2.75) is 126 Å². The molecule has 278 valence electrons. The van der Waals surface area contributed by atoms with Gasteiger partial charge in [-0.1, -0.05) is 87.1 Å². The zero-order valence-electron chi connectivity index (χ0n) is 32.2. The largest absolute Gasteiger partial charge is 0.505 e. The molecule has 0 amide bonds. The van der Waals surface area contributed by atoms with Crippen LogP contribution in [0.25, 0.3) is 0 Å². The number of aliphatic hydroxyl groups is 2. The van der Waals surface area contributed by atoms with E-state index in [0.29, 0.717) is 36.2 Å². The molecule has 0 aromatic heterocycles. The Morgan fingerprint density at radius 1 is 0.725 bits per heavy atom. The lowest BCUT2D eigenvalue weighted by Crippen LogP contribution is -2.36. The lowest BCUT2D eigenvalue weighted by molar-refractivity contribution is -0.133. The summed E-state index contributed by atoms with van der Waals surface area (Å²) < 4.78 is 0. The molecule has 0 spiro atoms. The summed E-state index contributed by atoms with van der Waals surface area (Å²) in [5.74, 6) is -2.40. The number of rotatable bonds is 14. The van der Waals surface area contributed by atoms with Gasteiger partial charge >= 0.3 is 0 Å². The number of allylic oxidation sites excluding steroid dienone is 11. The summed E-state index contributed by atoms with van der Waals surface area (Å²) in [6, 6.07) is 0. The molecule has 7 nitrogen and oxygen atoms in total. The first-order chi connectivity index (χ1) is 24.2. The fraction of sp³-hybridized carbons (Fsp3) is 0.545. The first kappa shape index (κ1) is 41.4. The molecule has 0 saturated carbocycles. The average molecular weight is 700 g/mol. The van der Waals surface area contributed by atoms with Crippen LogP contribution in [-0.2, 0) is 19.2 Å². The lowest BCUT2D eigenvalue weighted by atomic mass is 9.70. The molecule has 0 radical (unpaired) electrons. The minimum Gasteiger partial charge on any atom is -0.505 e. The fourth-order valence-electron chi connectivity index (χ4n) is 7.80. The van der Waals surface area contributed by atoms with Crippen molar-refractivity contribution in [3.05, 3.63) is 93.2 Å². The zero-order valence-corrected chi connectivity index (χ0v) is 32.2. The van der Waals surface area contributed by atoms with E-state index in [4.69, 9.17) is 0 Å². The van der Waals surface area contributed by atoms with E-state index in [-0.39, 0.29) is 57.9 Å². The molecule has 3 N–H and O–H groups in total. The average Bonchev–Trinajstić information content (AvgIpc) is 3.07. The van der Waals surface area contributed by atoms with Gasteiger partial charge in [-0.25, -0.2) is 0 Å². The molecule has 4 aliphatic carbocycles. The van der Waals surface area contributed by atoms with Crippen molar-refractivity contribution >= 4 is 23.1 Å². The predicted molar refractivity (Wildman–Crippen MR) is 206 cm³/mol. The van der Waals surface area contributed by atoms with E-state index in [0.717, 1.165) is 75.4 Å². The quantitative estimate of drug-likeness (QED) is 0.0543. The van der Waals surface area contributed by atoms with Gasteiger partial charge in [0.2, 0.25) is 17.3 Å². The van der Waals surface area contributed by atoms with Crippen LogP contribution in [0.3, 0.4) is 0 Å². The van der Waals surface area contributed by atoms with Gasteiger partial charge in [-0.3, -0.25) is 19.2 Å². The van der Waals surface area contributed by atoms with Gasteiger partial charge in [0.25, 0.3) is 0 Å². The van der Waals surface area contributed by atoms with Crippen LogP contribution in [0.4, 0.5) is 0 Å². The Labute approximate surface area is 306 Å². The number of hydrogen-bond donors (Lipinski definition) is 3. The van der Waals surface area contributed by atoms with Crippen LogP contribution in [0, 0.1) is 23.7 Å². The SMILES string of the molecule is C=C(C)[C@@H]1CCC(C)=C[C@H]1C1=C(O)C(=O)C(CCCCC)=CC1=O.C=C(C)[C@@H]1CCC(C)=C[C@H]1C1=C(O)C(NCC)=C(CCCCC)C(=O)C1=O. The molecule has 4 rings (SSSR count). The van der Waals surface area contributed by atoms with Gasteiger partial charge in [-0.15, -0.1) is 0 Å². The summed E-state index contributed by atoms with van der Waals surface area (Å²) in [6.07, 6.45) is 16.0. The summed E-state index contributed by atoms with van der Waals surface area (Å²) >= 11 is 0. The molecule has 4 aliphatic rings. The maximum Gasteiger partial charge on any atom is 0.233 e. The fourth-order valence-corrected chi connectivity index (χ4v) is 7.80. The molecule has 0 unspecified atom stereocenters. The second kappa shape index (κ2) is 19.0. The number of ketones is 4. The van der Waals surface area contributed by atoms with E-state index < -0.39 is 11.6 Å². The highest BCUT2D eigenvalue weighted by Gasteiger charge is 2.41. The summed E-state index contributed by atoms with van der Waals surface area (Å²) in [4.78, 5) is 51.1. The highest BCUT2D eigenvalue weighted by atomic mass is 16.3. The molecule has 4 atom stereocenters. The van der Waals surface area contributed by atoms with Crippen molar-refractivity contribution in [3.63, 3.8) is 0 Å². The van der Waals surface area contributed by atoms with Gasteiger partial charge in [0.15, 0.2) is 11.5 Å². The standard InChI is InChI=1S/C23H33NO3.C21H28O3/c1-6-8-9-10-17-20(24-7-2)22(26)19(23(27)21(17)25)18-13-15(5)11-12-16(18)14(3)4;1-5-6-7-8-15-12-18(22)19(21(24)20(15)23)17-11-14(4)9-10-16(17)13(2)3/h13,16,18,24,26H,3,6-12H2,1-2,4-5H3;11-12,16-17,24H,2,5-10H2,1,3-4H3/t16-,18+;16-,17+/m00/s1. The molecule has 0 aromatic carbocycles. The van der Waals surface area contributed by atoms with Crippen molar-refractivity contribution in [1.82, 2.24) is 5.32 Å².